The van der Waals surface area contributed by atoms with Crippen LogP contribution in [-0.4, -0.2) is 41.7 Å². The van der Waals surface area contributed by atoms with E-state index in [1.807, 2.05) is 43.3 Å². The molecule has 2 saturated heterocycles. The molecule has 6 nitrogen and oxygen atoms in total. The average Bonchev–Trinajstić information content (AvgIpc) is 2.71. The quantitative estimate of drug-likeness (QED) is 0.632. The van der Waals surface area contributed by atoms with Crippen LogP contribution >= 0.6 is 0 Å². The lowest BCUT2D eigenvalue weighted by molar-refractivity contribution is -0.124. The second kappa shape index (κ2) is 7.99. The number of β-amino-alcohol motifs (C(OH)–C–C–N with tert-alkyl or cyclic N) is 1. The summed E-state index contributed by atoms with van der Waals surface area (Å²) in [7, 11) is 0. The third-order valence-corrected chi connectivity index (χ3v) is 5.85. The van der Waals surface area contributed by atoms with Crippen LogP contribution in [0.3, 0.4) is 0 Å². The maximum Gasteiger partial charge on any atom is 0.237 e. The maximum atomic E-state index is 12.9. The van der Waals surface area contributed by atoms with Crippen molar-refractivity contribution >= 4 is 5.91 Å². The predicted molar refractivity (Wildman–Crippen MR) is 108 cm³/mol. The zero-order chi connectivity index (χ0) is 19.6. The molecule has 1 amide bonds. The molecule has 0 saturated carbocycles. The molecule has 28 heavy (non-hydrogen) atoms. The summed E-state index contributed by atoms with van der Waals surface area (Å²) in [5, 5.41) is 20.2. The first-order chi connectivity index (χ1) is 13.6. The zero-order valence-corrected chi connectivity index (χ0v) is 16.2. The summed E-state index contributed by atoms with van der Waals surface area (Å²) in [6, 6.07) is 11.3. The van der Waals surface area contributed by atoms with Crippen molar-refractivity contribution in [1.82, 2.24) is 20.9 Å². The van der Waals surface area contributed by atoms with Gasteiger partial charge in [0.05, 0.1) is 17.8 Å². The number of amides is 1. The summed E-state index contributed by atoms with van der Waals surface area (Å²) in [6.45, 7) is 4.03. The summed E-state index contributed by atoms with van der Waals surface area (Å²) in [5.74, 6) is 0.0145. The highest BCUT2D eigenvalue weighted by atomic mass is 16.3. The molecule has 148 valence electrons. The molecule has 0 bridgehead atoms. The lowest BCUT2D eigenvalue weighted by Gasteiger charge is -2.38. The van der Waals surface area contributed by atoms with Gasteiger partial charge in [-0.3, -0.25) is 9.78 Å². The molecule has 3 heterocycles. The Balaban J connectivity index is 1.61. The van der Waals surface area contributed by atoms with Gasteiger partial charge in [0.2, 0.25) is 5.91 Å². The summed E-state index contributed by atoms with van der Waals surface area (Å²) in [6.07, 6.45) is 4.81. The van der Waals surface area contributed by atoms with E-state index < -0.39 is 5.60 Å². The topological polar surface area (TPSA) is 86.3 Å². The number of nitrogens with zero attached hydrogens (tertiary/aromatic N) is 1. The number of benzene rings is 1. The zero-order valence-electron chi connectivity index (χ0n) is 16.2. The molecule has 6 heteroatoms. The van der Waals surface area contributed by atoms with Crippen molar-refractivity contribution in [3.63, 3.8) is 0 Å². The van der Waals surface area contributed by atoms with Crippen LogP contribution in [0.5, 0.6) is 0 Å². The highest BCUT2D eigenvalue weighted by Crippen LogP contribution is 2.29. The largest absolute Gasteiger partial charge is 0.382 e. The Morgan fingerprint density at radius 2 is 2.04 bits per heavy atom. The summed E-state index contributed by atoms with van der Waals surface area (Å²) in [4.78, 5) is 17.5. The van der Waals surface area contributed by atoms with Gasteiger partial charge in [-0.25, -0.2) is 0 Å². The Morgan fingerprint density at radius 3 is 2.64 bits per heavy atom. The number of aryl methyl sites for hydroxylation is 1. The first kappa shape index (κ1) is 19.1. The molecular weight excluding hydrogens is 352 g/mol. The van der Waals surface area contributed by atoms with Gasteiger partial charge in [0, 0.05) is 19.3 Å². The molecule has 0 radical (unpaired) electrons. The van der Waals surface area contributed by atoms with E-state index in [-0.39, 0.29) is 18.0 Å². The second-order valence-corrected chi connectivity index (χ2v) is 7.91. The number of pyridine rings is 1. The van der Waals surface area contributed by atoms with Crippen LogP contribution in [0.4, 0.5) is 0 Å². The minimum atomic E-state index is -0.787. The minimum absolute atomic E-state index is 0.0145. The fraction of sp³-hybridized carbons (Fsp3) is 0.455. The van der Waals surface area contributed by atoms with E-state index >= 15 is 0 Å². The Morgan fingerprint density at radius 1 is 1.25 bits per heavy atom. The maximum absolute atomic E-state index is 12.9. The van der Waals surface area contributed by atoms with E-state index in [2.05, 4.69) is 20.9 Å². The number of hydrogen-bond acceptors (Lipinski definition) is 5. The molecule has 1 aromatic carbocycles. The Labute approximate surface area is 165 Å². The first-order valence-electron chi connectivity index (χ1n) is 10.1. The molecule has 1 unspecified atom stereocenters. The van der Waals surface area contributed by atoms with Gasteiger partial charge in [-0.2, -0.15) is 0 Å². The standard InChI is InChI=1S/C22H28N4O2/c1-15-5-4-12-25-19(15)20(26-21(27)18-6-2-3-11-24-18)16-7-9-17(10-8-16)22(28)13-23-14-22/h4-5,7-10,12,18,20,23-24,28H,2-3,6,11,13-14H2,1H3,(H,26,27)/t18?,20-/m1/s1. The van der Waals surface area contributed by atoms with Gasteiger partial charge < -0.3 is 21.1 Å². The van der Waals surface area contributed by atoms with Crippen molar-refractivity contribution in [1.29, 1.82) is 0 Å². The molecule has 0 aliphatic carbocycles. The highest BCUT2D eigenvalue weighted by Gasteiger charge is 2.36. The average molecular weight is 380 g/mol. The number of carbonyl (C=O) groups excluding carboxylic acids is 1. The lowest BCUT2D eigenvalue weighted by Crippen LogP contribution is -2.56. The lowest BCUT2D eigenvalue weighted by atomic mass is 9.87. The van der Waals surface area contributed by atoms with Crippen molar-refractivity contribution < 1.29 is 9.90 Å². The number of aromatic nitrogens is 1. The highest BCUT2D eigenvalue weighted by molar-refractivity contribution is 5.82. The number of aliphatic hydroxyl groups is 1. The van der Waals surface area contributed by atoms with Gasteiger partial charge >= 0.3 is 0 Å². The summed E-state index contributed by atoms with van der Waals surface area (Å²) >= 11 is 0. The predicted octanol–water partition coefficient (Wildman–Crippen LogP) is 1.53. The number of hydrogen-bond donors (Lipinski definition) is 4. The van der Waals surface area contributed by atoms with Crippen LogP contribution < -0.4 is 16.0 Å². The van der Waals surface area contributed by atoms with E-state index in [1.54, 1.807) is 6.20 Å². The third-order valence-electron chi connectivity index (χ3n) is 5.85. The van der Waals surface area contributed by atoms with Gasteiger partial charge in [0.25, 0.3) is 0 Å². The summed E-state index contributed by atoms with van der Waals surface area (Å²) in [5.41, 5.74) is 2.96. The molecule has 0 spiro atoms. The van der Waals surface area contributed by atoms with Crippen LogP contribution in [0.2, 0.25) is 0 Å². The van der Waals surface area contributed by atoms with Crippen molar-refractivity contribution in [2.45, 2.75) is 43.9 Å². The van der Waals surface area contributed by atoms with Crippen molar-refractivity contribution in [2.75, 3.05) is 19.6 Å². The van der Waals surface area contributed by atoms with E-state index in [0.29, 0.717) is 13.1 Å². The van der Waals surface area contributed by atoms with Gasteiger partial charge in [0.15, 0.2) is 0 Å². The molecule has 1 aromatic heterocycles. The van der Waals surface area contributed by atoms with E-state index in [1.165, 1.54) is 0 Å². The molecule has 2 aliphatic heterocycles. The number of nitrogens with one attached hydrogen (secondary N) is 3. The molecule has 2 fully saturated rings. The Kier molecular flexibility index (Phi) is 5.44. The van der Waals surface area contributed by atoms with Crippen molar-refractivity contribution in [3.05, 3.63) is 65.0 Å². The van der Waals surface area contributed by atoms with E-state index in [9.17, 15) is 9.90 Å². The van der Waals surface area contributed by atoms with Crippen molar-refractivity contribution in [2.24, 2.45) is 0 Å². The normalized spacial score (nSPS) is 22.1. The Hall–Kier alpha value is -2.28. The summed E-state index contributed by atoms with van der Waals surface area (Å²) < 4.78 is 0. The van der Waals surface area contributed by atoms with Crippen LogP contribution in [-0.2, 0) is 10.4 Å². The molecule has 4 rings (SSSR count). The molecule has 2 aromatic rings. The SMILES string of the molecule is Cc1cccnc1[C@H](NC(=O)C1CCCCN1)c1ccc(C2(O)CNC2)cc1. The van der Waals surface area contributed by atoms with Crippen LogP contribution in [0.15, 0.2) is 42.6 Å². The fourth-order valence-corrected chi connectivity index (χ4v) is 3.98. The first-order valence-corrected chi connectivity index (χ1v) is 10.1. The van der Waals surface area contributed by atoms with Gasteiger partial charge in [-0.15, -0.1) is 0 Å². The van der Waals surface area contributed by atoms with Gasteiger partial charge in [0.1, 0.15) is 5.60 Å². The Bertz CT molecular complexity index is 827. The number of rotatable bonds is 5. The third kappa shape index (κ3) is 3.81. The molecule has 2 atom stereocenters. The van der Waals surface area contributed by atoms with Gasteiger partial charge in [-0.1, -0.05) is 36.8 Å². The smallest absolute Gasteiger partial charge is 0.237 e. The van der Waals surface area contributed by atoms with Crippen LogP contribution in [0.25, 0.3) is 0 Å². The molecular formula is C22H28N4O2. The fourth-order valence-electron chi connectivity index (χ4n) is 3.98. The van der Waals surface area contributed by atoms with Crippen LogP contribution in [0, 0.1) is 6.92 Å². The number of carbonyl (C=O) groups is 1. The number of piperidine rings is 1. The van der Waals surface area contributed by atoms with Crippen molar-refractivity contribution in [3.8, 4) is 0 Å². The van der Waals surface area contributed by atoms with Crippen LogP contribution in [0.1, 0.15) is 47.7 Å². The molecule has 2 aliphatic rings. The van der Waals surface area contributed by atoms with E-state index in [0.717, 1.165) is 48.2 Å². The van der Waals surface area contributed by atoms with Gasteiger partial charge in [-0.05, 0) is 49.1 Å². The monoisotopic (exact) mass is 380 g/mol. The minimum Gasteiger partial charge on any atom is -0.382 e. The van der Waals surface area contributed by atoms with E-state index in [4.69, 9.17) is 0 Å². The second-order valence-electron chi connectivity index (χ2n) is 7.91. The molecule has 4 N–H and O–H groups in total.